The number of hydrogen-bond acceptors (Lipinski definition) is 3. The van der Waals surface area contributed by atoms with E-state index in [4.69, 9.17) is 5.73 Å². The van der Waals surface area contributed by atoms with Crippen LogP contribution in [0.25, 0.3) is 0 Å². The fraction of sp³-hybridized carbons (Fsp3) is 0.923. The van der Waals surface area contributed by atoms with Gasteiger partial charge in [-0.3, -0.25) is 4.79 Å². The van der Waals surface area contributed by atoms with E-state index in [2.05, 4.69) is 0 Å². The van der Waals surface area contributed by atoms with Crippen LogP contribution in [0.5, 0.6) is 0 Å². The zero-order valence-electron chi connectivity index (χ0n) is 10.5. The fourth-order valence-electron chi connectivity index (χ4n) is 3.32. The highest BCUT2D eigenvalue weighted by molar-refractivity contribution is 5.83. The molecule has 1 amide bonds. The van der Waals surface area contributed by atoms with Crippen LogP contribution in [0.4, 0.5) is 0 Å². The molecule has 1 saturated carbocycles. The lowest BCUT2D eigenvalue weighted by Crippen LogP contribution is -2.53. The number of piperidine rings is 1. The van der Waals surface area contributed by atoms with E-state index in [-0.39, 0.29) is 24.0 Å². The Hall–Kier alpha value is -0.610. The number of carbonyl (C=O) groups excluding carboxylic acids is 1. The average molecular weight is 240 g/mol. The minimum absolute atomic E-state index is 0.0280. The number of likely N-dealkylation sites (tertiary alicyclic amines) is 1. The van der Waals surface area contributed by atoms with Gasteiger partial charge in [0, 0.05) is 13.1 Å². The molecule has 3 N–H and O–H groups in total. The summed E-state index contributed by atoms with van der Waals surface area (Å²) in [5.41, 5.74) is 5.54. The van der Waals surface area contributed by atoms with Gasteiger partial charge in [0.1, 0.15) is 0 Å². The predicted molar refractivity (Wildman–Crippen MR) is 66.4 cm³/mol. The molecular weight excluding hydrogens is 216 g/mol. The van der Waals surface area contributed by atoms with Crippen molar-refractivity contribution in [2.24, 2.45) is 11.1 Å². The van der Waals surface area contributed by atoms with Gasteiger partial charge in [-0.15, -0.1) is 0 Å². The second-order valence-electron chi connectivity index (χ2n) is 5.52. The first kappa shape index (κ1) is 12.8. The highest BCUT2D eigenvalue weighted by Crippen LogP contribution is 2.40. The van der Waals surface area contributed by atoms with E-state index in [0.29, 0.717) is 6.54 Å². The first-order valence-electron chi connectivity index (χ1n) is 6.85. The quantitative estimate of drug-likeness (QED) is 0.769. The van der Waals surface area contributed by atoms with Crippen LogP contribution >= 0.6 is 0 Å². The molecular formula is C13H24N2O2. The lowest BCUT2D eigenvalue weighted by atomic mass is 9.83. The highest BCUT2D eigenvalue weighted by atomic mass is 16.3. The molecule has 0 aromatic heterocycles. The van der Waals surface area contributed by atoms with Crippen molar-refractivity contribution >= 4 is 5.91 Å². The highest BCUT2D eigenvalue weighted by Gasteiger charge is 2.44. The van der Waals surface area contributed by atoms with E-state index in [1.807, 2.05) is 4.90 Å². The number of nitrogens with zero attached hydrogens (tertiary/aromatic N) is 1. The summed E-state index contributed by atoms with van der Waals surface area (Å²) >= 11 is 0. The van der Waals surface area contributed by atoms with Crippen molar-refractivity contribution in [2.45, 2.75) is 51.0 Å². The number of aliphatic hydroxyl groups is 1. The van der Waals surface area contributed by atoms with Crippen LogP contribution in [0.15, 0.2) is 0 Å². The first-order chi connectivity index (χ1) is 8.23. The molecule has 1 unspecified atom stereocenters. The van der Waals surface area contributed by atoms with E-state index >= 15 is 0 Å². The monoisotopic (exact) mass is 240 g/mol. The van der Waals surface area contributed by atoms with Gasteiger partial charge in [0.2, 0.25) is 5.91 Å². The summed E-state index contributed by atoms with van der Waals surface area (Å²) in [6, 6.07) is 0.0280. The van der Waals surface area contributed by atoms with E-state index < -0.39 is 0 Å². The topological polar surface area (TPSA) is 66.6 Å². The third kappa shape index (κ3) is 2.33. The molecule has 98 valence electrons. The molecule has 0 aromatic carbocycles. The predicted octanol–water partition coefficient (Wildman–Crippen LogP) is 0.879. The van der Waals surface area contributed by atoms with Gasteiger partial charge in [-0.05, 0) is 32.1 Å². The van der Waals surface area contributed by atoms with E-state index in [1.54, 1.807) is 0 Å². The molecule has 0 bridgehead atoms. The molecule has 0 aromatic rings. The Morgan fingerprint density at radius 3 is 2.59 bits per heavy atom. The third-order valence-electron chi connectivity index (χ3n) is 4.50. The number of amides is 1. The van der Waals surface area contributed by atoms with Gasteiger partial charge in [0.05, 0.1) is 18.1 Å². The Morgan fingerprint density at radius 2 is 2.00 bits per heavy atom. The van der Waals surface area contributed by atoms with Crippen LogP contribution in [0.2, 0.25) is 0 Å². The van der Waals surface area contributed by atoms with Crippen molar-refractivity contribution in [3.8, 4) is 0 Å². The van der Waals surface area contributed by atoms with Crippen molar-refractivity contribution in [3.05, 3.63) is 0 Å². The Balaban J connectivity index is 2.11. The molecule has 4 heteroatoms. The van der Waals surface area contributed by atoms with Gasteiger partial charge in [-0.1, -0.05) is 12.8 Å². The maximum Gasteiger partial charge on any atom is 0.230 e. The van der Waals surface area contributed by atoms with E-state index in [1.165, 1.54) is 0 Å². The Bertz CT molecular complexity index is 275. The molecule has 2 rings (SSSR count). The normalized spacial score (nSPS) is 28.4. The molecule has 2 fully saturated rings. The number of carbonyl (C=O) groups is 1. The zero-order chi connectivity index (χ0) is 12.3. The summed E-state index contributed by atoms with van der Waals surface area (Å²) in [5, 5.41) is 9.38. The van der Waals surface area contributed by atoms with Gasteiger partial charge in [-0.2, -0.15) is 0 Å². The van der Waals surface area contributed by atoms with E-state index in [0.717, 1.165) is 51.5 Å². The second-order valence-corrected chi connectivity index (χ2v) is 5.52. The number of aliphatic hydroxyl groups excluding tert-OH is 1. The van der Waals surface area contributed by atoms with Crippen LogP contribution < -0.4 is 5.73 Å². The van der Waals surface area contributed by atoms with Crippen molar-refractivity contribution in [1.82, 2.24) is 4.90 Å². The van der Waals surface area contributed by atoms with Crippen LogP contribution in [0.1, 0.15) is 44.9 Å². The van der Waals surface area contributed by atoms with Gasteiger partial charge >= 0.3 is 0 Å². The van der Waals surface area contributed by atoms with Gasteiger partial charge in [-0.25, -0.2) is 0 Å². The van der Waals surface area contributed by atoms with Crippen molar-refractivity contribution < 1.29 is 9.90 Å². The Labute approximate surface area is 103 Å². The maximum absolute atomic E-state index is 12.7. The number of hydrogen-bond donors (Lipinski definition) is 2. The second kappa shape index (κ2) is 5.36. The lowest BCUT2D eigenvalue weighted by molar-refractivity contribution is -0.146. The summed E-state index contributed by atoms with van der Waals surface area (Å²) in [6.07, 6.45) is 7.19. The SMILES string of the molecule is NCC1(C(=O)N2CCCCC2CO)CCCC1. The van der Waals surface area contributed by atoms with Crippen LogP contribution in [-0.2, 0) is 4.79 Å². The van der Waals surface area contributed by atoms with Crippen molar-refractivity contribution in [3.63, 3.8) is 0 Å². The third-order valence-corrected chi connectivity index (χ3v) is 4.50. The minimum Gasteiger partial charge on any atom is -0.394 e. The Kier molecular flexibility index (Phi) is 4.05. The average Bonchev–Trinajstić information content (AvgIpc) is 2.88. The maximum atomic E-state index is 12.7. The molecule has 4 nitrogen and oxygen atoms in total. The smallest absolute Gasteiger partial charge is 0.230 e. The van der Waals surface area contributed by atoms with Crippen LogP contribution in [-0.4, -0.2) is 41.7 Å². The van der Waals surface area contributed by atoms with Gasteiger partial charge in [0.15, 0.2) is 0 Å². The molecule has 2 aliphatic rings. The molecule has 17 heavy (non-hydrogen) atoms. The zero-order valence-corrected chi connectivity index (χ0v) is 10.5. The van der Waals surface area contributed by atoms with Crippen molar-refractivity contribution in [2.75, 3.05) is 19.7 Å². The summed E-state index contributed by atoms with van der Waals surface area (Å²) in [4.78, 5) is 14.6. The molecule has 1 atom stereocenters. The summed E-state index contributed by atoms with van der Waals surface area (Å²) < 4.78 is 0. The summed E-state index contributed by atoms with van der Waals surface area (Å²) in [6.45, 7) is 1.35. The first-order valence-corrected chi connectivity index (χ1v) is 6.85. The largest absolute Gasteiger partial charge is 0.394 e. The van der Waals surface area contributed by atoms with Crippen molar-refractivity contribution in [1.29, 1.82) is 0 Å². The number of nitrogens with two attached hydrogens (primary N) is 1. The minimum atomic E-state index is -0.315. The van der Waals surface area contributed by atoms with Crippen LogP contribution in [0.3, 0.4) is 0 Å². The molecule has 1 saturated heterocycles. The van der Waals surface area contributed by atoms with Crippen LogP contribution in [0, 0.1) is 5.41 Å². The lowest BCUT2D eigenvalue weighted by Gasteiger charge is -2.40. The van der Waals surface area contributed by atoms with E-state index in [9.17, 15) is 9.90 Å². The molecule has 0 spiro atoms. The molecule has 1 aliphatic heterocycles. The number of rotatable bonds is 3. The standard InChI is InChI=1S/C13H24N2O2/c14-10-13(6-2-3-7-13)12(17)15-8-4-1-5-11(15)9-16/h11,16H,1-10,14H2. The Morgan fingerprint density at radius 1 is 1.29 bits per heavy atom. The molecule has 1 aliphatic carbocycles. The fourth-order valence-corrected chi connectivity index (χ4v) is 3.32. The molecule has 0 radical (unpaired) electrons. The summed E-state index contributed by atoms with van der Waals surface area (Å²) in [5.74, 6) is 0.205. The van der Waals surface area contributed by atoms with Gasteiger partial charge in [0.25, 0.3) is 0 Å². The summed E-state index contributed by atoms with van der Waals surface area (Å²) in [7, 11) is 0. The molecule has 1 heterocycles. The van der Waals surface area contributed by atoms with Gasteiger partial charge < -0.3 is 15.7 Å².